The van der Waals surface area contributed by atoms with E-state index >= 15 is 0 Å². The van der Waals surface area contributed by atoms with Crippen LogP contribution < -0.4 is 20.1 Å². The maximum atomic E-state index is 13.6. The third-order valence-electron chi connectivity index (χ3n) is 6.65. The van der Waals surface area contributed by atoms with Gasteiger partial charge in [0.05, 0.1) is 6.26 Å². The van der Waals surface area contributed by atoms with Crippen molar-refractivity contribution in [2.75, 3.05) is 12.1 Å². The first-order valence-corrected chi connectivity index (χ1v) is 11.5. The Morgan fingerprint density at radius 2 is 1.97 bits per heavy atom. The lowest BCUT2D eigenvalue weighted by molar-refractivity contribution is -0.116. The number of amides is 1. The second-order valence-corrected chi connectivity index (χ2v) is 8.81. The summed E-state index contributed by atoms with van der Waals surface area (Å²) in [6.45, 7) is 2.00. The van der Waals surface area contributed by atoms with Gasteiger partial charge in [0.25, 0.3) is 5.91 Å². The van der Waals surface area contributed by atoms with Crippen LogP contribution in [0.5, 0.6) is 11.5 Å². The summed E-state index contributed by atoms with van der Waals surface area (Å²) < 4.78 is 16.7. The van der Waals surface area contributed by atoms with Crippen LogP contribution in [0.15, 0.2) is 87.9 Å². The number of allylic oxidation sites excluding steroid dienone is 3. The number of anilines is 1. The maximum absolute atomic E-state index is 13.6. The molecule has 1 aromatic carbocycles. The van der Waals surface area contributed by atoms with Crippen LogP contribution in [0.4, 0.5) is 5.82 Å². The van der Waals surface area contributed by atoms with E-state index < -0.39 is 5.92 Å². The lowest BCUT2D eigenvalue weighted by Gasteiger charge is -2.36. The number of fused-ring (bicyclic) bond motifs is 1. The molecule has 6 rings (SSSR count). The lowest BCUT2D eigenvalue weighted by Crippen LogP contribution is -2.37. The molecular formula is C27H23N3O5. The Kier molecular flexibility index (Phi) is 5.13. The van der Waals surface area contributed by atoms with Crippen molar-refractivity contribution < 1.29 is 23.5 Å². The lowest BCUT2D eigenvalue weighted by atomic mass is 9.72. The molecular weight excluding hydrogens is 446 g/mol. The van der Waals surface area contributed by atoms with Gasteiger partial charge in [0.15, 0.2) is 17.3 Å². The standard InChI is InChI=1S/C27H23N3O5/c1-15-24(27(32)30-23-6-2-3-9-28-23)25(16-7-8-21-22(13-16)35-14-34-21)26-18(29-15)11-17(12-19(26)31)20-5-4-10-33-20/h2-10,13,17,25,29H,11-12,14H2,1H3,(H,28,30,32)/t17-,25-/m1/s1. The first-order valence-electron chi connectivity index (χ1n) is 11.5. The fraction of sp³-hybridized carbons (Fsp3) is 0.222. The number of dihydropyridines is 1. The second-order valence-electron chi connectivity index (χ2n) is 8.81. The summed E-state index contributed by atoms with van der Waals surface area (Å²) in [4.78, 5) is 31.4. The van der Waals surface area contributed by atoms with Gasteiger partial charge in [-0.15, -0.1) is 0 Å². The van der Waals surface area contributed by atoms with Gasteiger partial charge >= 0.3 is 0 Å². The van der Waals surface area contributed by atoms with Crippen molar-refractivity contribution in [1.29, 1.82) is 0 Å². The van der Waals surface area contributed by atoms with Gasteiger partial charge in [0.1, 0.15) is 11.6 Å². The fourth-order valence-corrected chi connectivity index (χ4v) is 5.11. The Morgan fingerprint density at radius 3 is 2.77 bits per heavy atom. The summed E-state index contributed by atoms with van der Waals surface area (Å²) in [6, 6.07) is 14.6. The van der Waals surface area contributed by atoms with Crippen LogP contribution in [-0.4, -0.2) is 23.5 Å². The number of ether oxygens (including phenoxy) is 2. The van der Waals surface area contributed by atoms with Crippen LogP contribution in [0.2, 0.25) is 0 Å². The number of nitrogens with one attached hydrogen (secondary N) is 2. The number of carbonyl (C=O) groups is 2. The molecule has 4 heterocycles. The molecule has 3 aromatic rings. The van der Waals surface area contributed by atoms with Crippen molar-refractivity contribution >= 4 is 17.5 Å². The van der Waals surface area contributed by atoms with Crippen LogP contribution in [0.3, 0.4) is 0 Å². The highest BCUT2D eigenvalue weighted by atomic mass is 16.7. The smallest absolute Gasteiger partial charge is 0.255 e. The van der Waals surface area contributed by atoms with Gasteiger partial charge in [-0.1, -0.05) is 12.1 Å². The van der Waals surface area contributed by atoms with Crippen LogP contribution >= 0.6 is 0 Å². The molecule has 0 fully saturated rings. The molecule has 2 aromatic heterocycles. The van der Waals surface area contributed by atoms with E-state index in [1.165, 1.54) is 0 Å². The highest BCUT2D eigenvalue weighted by Crippen LogP contribution is 2.47. The molecule has 176 valence electrons. The number of aromatic nitrogens is 1. The topological polar surface area (TPSA) is 103 Å². The number of hydrogen-bond acceptors (Lipinski definition) is 7. The van der Waals surface area contributed by atoms with E-state index in [-0.39, 0.29) is 24.4 Å². The van der Waals surface area contributed by atoms with E-state index in [0.29, 0.717) is 47.0 Å². The molecule has 2 aliphatic heterocycles. The third-order valence-corrected chi connectivity index (χ3v) is 6.65. The van der Waals surface area contributed by atoms with Crippen molar-refractivity contribution in [3.8, 4) is 11.5 Å². The van der Waals surface area contributed by atoms with Gasteiger partial charge in [-0.25, -0.2) is 4.98 Å². The molecule has 35 heavy (non-hydrogen) atoms. The fourth-order valence-electron chi connectivity index (χ4n) is 5.11. The summed E-state index contributed by atoms with van der Waals surface area (Å²) in [5.41, 5.74) is 3.37. The third kappa shape index (κ3) is 3.77. The molecule has 8 nitrogen and oxygen atoms in total. The van der Waals surface area contributed by atoms with Gasteiger partial charge in [0, 0.05) is 47.0 Å². The minimum atomic E-state index is -0.561. The highest BCUT2D eigenvalue weighted by molar-refractivity contribution is 6.09. The molecule has 0 saturated heterocycles. The van der Waals surface area contributed by atoms with Crippen molar-refractivity contribution in [2.24, 2.45) is 0 Å². The monoisotopic (exact) mass is 469 g/mol. The van der Waals surface area contributed by atoms with E-state index in [0.717, 1.165) is 17.0 Å². The normalized spacial score (nSPS) is 21.0. The van der Waals surface area contributed by atoms with E-state index in [2.05, 4.69) is 15.6 Å². The Balaban J connectivity index is 1.43. The predicted octanol–water partition coefficient (Wildman–Crippen LogP) is 4.40. The van der Waals surface area contributed by atoms with E-state index in [1.54, 1.807) is 30.7 Å². The second kappa shape index (κ2) is 8.47. The largest absolute Gasteiger partial charge is 0.469 e. The number of nitrogens with zero attached hydrogens (tertiary/aromatic N) is 1. The zero-order valence-electron chi connectivity index (χ0n) is 19.0. The molecule has 0 bridgehead atoms. The maximum Gasteiger partial charge on any atom is 0.255 e. The number of ketones is 1. The molecule has 0 spiro atoms. The molecule has 1 amide bonds. The van der Waals surface area contributed by atoms with Crippen LogP contribution in [0.1, 0.15) is 42.9 Å². The molecule has 2 N–H and O–H groups in total. The summed E-state index contributed by atoms with van der Waals surface area (Å²) in [5.74, 6) is 1.52. The summed E-state index contributed by atoms with van der Waals surface area (Å²) in [6.07, 6.45) is 4.16. The Morgan fingerprint density at radius 1 is 1.09 bits per heavy atom. The predicted molar refractivity (Wildman–Crippen MR) is 127 cm³/mol. The summed E-state index contributed by atoms with van der Waals surface area (Å²) in [7, 11) is 0. The Labute approximate surface area is 201 Å². The average Bonchev–Trinajstić information content (AvgIpc) is 3.55. The number of rotatable bonds is 4. The van der Waals surface area contributed by atoms with Crippen LogP contribution in [-0.2, 0) is 9.59 Å². The average molecular weight is 469 g/mol. The molecule has 8 heteroatoms. The van der Waals surface area contributed by atoms with Gasteiger partial charge in [-0.3, -0.25) is 9.59 Å². The van der Waals surface area contributed by atoms with Crippen molar-refractivity contribution in [3.05, 3.63) is 94.9 Å². The SMILES string of the molecule is CC1=C(C(=O)Nc2ccccn2)[C@@H](c2ccc3c(c2)OCO3)C2=C(C[C@@H](c3ccco3)CC2=O)N1. The van der Waals surface area contributed by atoms with Gasteiger partial charge in [-0.05, 0) is 55.3 Å². The first-order chi connectivity index (χ1) is 17.1. The van der Waals surface area contributed by atoms with Gasteiger partial charge in [0.2, 0.25) is 6.79 Å². The molecule has 1 aliphatic carbocycles. The van der Waals surface area contributed by atoms with E-state index in [4.69, 9.17) is 13.9 Å². The summed E-state index contributed by atoms with van der Waals surface area (Å²) >= 11 is 0. The number of carbonyl (C=O) groups excluding carboxylic acids is 2. The number of benzene rings is 1. The number of pyridine rings is 1. The van der Waals surface area contributed by atoms with Crippen LogP contribution in [0.25, 0.3) is 0 Å². The van der Waals surface area contributed by atoms with Crippen molar-refractivity contribution in [2.45, 2.75) is 31.6 Å². The Bertz CT molecular complexity index is 1380. The number of hydrogen-bond donors (Lipinski definition) is 2. The van der Waals surface area contributed by atoms with E-state index in [1.807, 2.05) is 37.3 Å². The van der Waals surface area contributed by atoms with Crippen molar-refractivity contribution in [3.63, 3.8) is 0 Å². The number of furan rings is 1. The molecule has 3 aliphatic rings. The quantitative estimate of drug-likeness (QED) is 0.584. The molecule has 0 radical (unpaired) electrons. The van der Waals surface area contributed by atoms with Gasteiger partial charge < -0.3 is 24.5 Å². The molecule has 2 atom stereocenters. The molecule has 0 saturated carbocycles. The zero-order valence-corrected chi connectivity index (χ0v) is 19.0. The summed E-state index contributed by atoms with van der Waals surface area (Å²) in [5, 5.41) is 6.25. The minimum Gasteiger partial charge on any atom is -0.469 e. The molecule has 0 unspecified atom stereocenters. The highest BCUT2D eigenvalue weighted by Gasteiger charge is 2.41. The van der Waals surface area contributed by atoms with E-state index in [9.17, 15) is 9.59 Å². The Hall–Kier alpha value is -4.33. The van der Waals surface area contributed by atoms with Crippen LogP contribution in [0, 0.1) is 0 Å². The number of Topliss-reactive ketones (excluding diaryl/α,β-unsaturated/α-hetero) is 1. The van der Waals surface area contributed by atoms with Gasteiger partial charge in [-0.2, -0.15) is 0 Å². The minimum absolute atomic E-state index is 0.0153. The zero-order chi connectivity index (χ0) is 23.9. The first kappa shape index (κ1) is 21.2. The van der Waals surface area contributed by atoms with Crippen molar-refractivity contribution in [1.82, 2.24) is 10.3 Å².